The molecule has 4 nitrogen and oxygen atoms in total. The number of thioether (sulfide) groups is 1. The normalized spacial score (nSPS) is 17.1. The van der Waals surface area contributed by atoms with E-state index < -0.39 is 0 Å². The van der Waals surface area contributed by atoms with E-state index in [0.29, 0.717) is 17.9 Å². The number of hydrogen-bond acceptors (Lipinski definition) is 3. The molecule has 140 valence electrons. The summed E-state index contributed by atoms with van der Waals surface area (Å²) in [6.07, 6.45) is 4.49. The molecule has 1 aliphatic carbocycles. The van der Waals surface area contributed by atoms with Crippen LogP contribution in [0, 0.1) is 6.92 Å². The Morgan fingerprint density at radius 2 is 2.00 bits per heavy atom. The first-order valence-electron chi connectivity index (χ1n) is 9.54. The minimum atomic E-state index is -0.0387. The predicted octanol–water partition coefficient (Wildman–Crippen LogP) is 4.31. The Hall–Kier alpha value is -2.27. The van der Waals surface area contributed by atoms with Gasteiger partial charge < -0.3 is 10.2 Å². The number of anilines is 1. The van der Waals surface area contributed by atoms with Gasteiger partial charge in [-0.1, -0.05) is 42.7 Å². The Bertz CT molecular complexity index is 874. The van der Waals surface area contributed by atoms with Gasteiger partial charge in [-0.15, -0.1) is 11.8 Å². The minimum absolute atomic E-state index is 0.0387. The lowest BCUT2D eigenvalue weighted by molar-refractivity contribution is -0.116. The van der Waals surface area contributed by atoms with Crippen LogP contribution in [0.3, 0.4) is 0 Å². The van der Waals surface area contributed by atoms with Crippen molar-refractivity contribution in [1.82, 2.24) is 5.32 Å². The molecule has 1 heterocycles. The topological polar surface area (TPSA) is 49.4 Å². The summed E-state index contributed by atoms with van der Waals surface area (Å²) >= 11 is 1.54. The summed E-state index contributed by atoms with van der Waals surface area (Å²) in [6.45, 7) is 2.58. The number of hydrogen-bond donors (Lipinski definition) is 1. The van der Waals surface area contributed by atoms with Gasteiger partial charge in [-0.3, -0.25) is 9.59 Å². The van der Waals surface area contributed by atoms with E-state index in [1.165, 1.54) is 18.4 Å². The number of nitrogens with one attached hydrogen (secondary N) is 1. The molecule has 0 aromatic heterocycles. The highest BCUT2D eigenvalue weighted by atomic mass is 32.2. The Kier molecular flexibility index (Phi) is 5.21. The fourth-order valence-electron chi connectivity index (χ4n) is 3.85. The first-order chi connectivity index (χ1) is 13.1. The number of carbonyl (C=O) groups is 2. The second-order valence-electron chi connectivity index (χ2n) is 7.39. The van der Waals surface area contributed by atoms with Gasteiger partial charge in [0, 0.05) is 16.5 Å². The van der Waals surface area contributed by atoms with Crippen LogP contribution in [-0.2, 0) is 11.3 Å². The lowest BCUT2D eigenvalue weighted by atomic mass is 10.1. The lowest BCUT2D eigenvalue weighted by Crippen LogP contribution is -2.36. The molecule has 2 aromatic carbocycles. The van der Waals surface area contributed by atoms with Crippen LogP contribution < -0.4 is 10.2 Å². The molecule has 1 aliphatic heterocycles. The van der Waals surface area contributed by atoms with Crippen molar-refractivity contribution in [3.05, 3.63) is 59.2 Å². The molecule has 0 unspecified atom stereocenters. The van der Waals surface area contributed by atoms with Gasteiger partial charge >= 0.3 is 0 Å². The van der Waals surface area contributed by atoms with Crippen LogP contribution in [0.5, 0.6) is 0 Å². The Balaban J connectivity index is 1.59. The molecular weight excluding hydrogens is 356 g/mol. The van der Waals surface area contributed by atoms with E-state index in [-0.39, 0.29) is 17.9 Å². The van der Waals surface area contributed by atoms with E-state index in [2.05, 4.69) is 24.4 Å². The first kappa shape index (κ1) is 18.1. The number of amides is 2. The largest absolute Gasteiger partial charge is 0.349 e. The average Bonchev–Trinajstić information content (AvgIpc) is 3.17. The van der Waals surface area contributed by atoms with E-state index in [0.717, 1.165) is 29.0 Å². The van der Waals surface area contributed by atoms with E-state index in [1.807, 2.05) is 35.2 Å². The SMILES string of the molecule is Cc1cccc(CN2C(=O)CSc3ccc(C(=O)NC4CCCC4)cc32)c1. The molecule has 1 N–H and O–H groups in total. The number of nitrogens with zero attached hydrogens (tertiary/aromatic N) is 1. The van der Waals surface area contributed by atoms with Crippen molar-refractivity contribution in [2.75, 3.05) is 10.7 Å². The van der Waals surface area contributed by atoms with Crippen LogP contribution in [0.4, 0.5) is 5.69 Å². The standard InChI is InChI=1S/C22H24N2O2S/c1-15-5-4-6-16(11-15)13-24-19-12-17(9-10-20(19)27-14-21(24)25)22(26)23-18-7-2-3-8-18/h4-6,9-12,18H,2-3,7-8,13-14H2,1H3,(H,23,26). The summed E-state index contributed by atoms with van der Waals surface area (Å²) in [4.78, 5) is 28.1. The van der Waals surface area contributed by atoms with Crippen molar-refractivity contribution in [1.29, 1.82) is 0 Å². The van der Waals surface area contributed by atoms with E-state index in [9.17, 15) is 9.59 Å². The van der Waals surface area contributed by atoms with Crippen molar-refractivity contribution in [3.8, 4) is 0 Å². The zero-order valence-corrected chi connectivity index (χ0v) is 16.3. The maximum atomic E-state index is 12.7. The van der Waals surface area contributed by atoms with Crippen molar-refractivity contribution in [3.63, 3.8) is 0 Å². The molecule has 0 spiro atoms. The Morgan fingerprint density at radius 1 is 1.19 bits per heavy atom. The van der Waals surface area contributed by atoms with Gasteiger partial charge in [0.2, 0.25) is 5.91 Å². The van der Waals surface area contributed by atoms with Crippen LogP contribution in [0.25, 0.3) is 0 Å². The van der Waals surface area contributed by atoms with Crippen molar-refractivity contribution < 1.29 is 9.59 Å². The Morgan fingerprint density at radius 3 is 2.78 bits per heavy atom. The highest BCUT2D eigenvalue weighted by Gasteiger charge is 2.26. The number of carbonyl (C=O) groups excluding carboxylic acids is 2. The Labute approximate surface area is 164 Å². The van der Waals surface area contributed by atoms with E-state index in [1.54, 1.807) is 11.8 Å². The van der Waals surface area contributed by atoms with Crippen LogP contribution in [0.15, 0.2) is 47.4 Å². The first-order valence-corrected chi connectivity index (χ1v) is 10.5. The second-order valence-corrected chi connectivity index (χ2v) is 8.41. The maximum absolute atomic E-state index is 12.7. The molecule has 0 atom stereocenters. The second kappa shape index (κ2) is 7.77. The van der Waals surface area contributed by atoms with Gasteiger partial charge in [0.25, 0.3) is 5.91 Å². The number of fused-ring (bicyclic) bond motifs is 1. The summed E-state index contributed by atoms with van der Waals surface area (Å²) in [5.41, 5.74) is 3.75. The lowest BCUT2D eigenvalue weighted by Gasteiger charge is -2.29. The van der Waals surface area contributed by atoms with Crippen molar-refractivity contribution >= 4 is 29.3 Å². The highest BCUT2D eigenvalue weighted by Crippen LogP contribution is 2.37. The van der Waals surface area contributed by atoms with Gasteiger partial charge in [0.15, 0.2) is 0 Å². The van der Waals surface area contributed by atoms with Crippen LogP contribution >= 0.6 is 11.8 Å². The molecule has 2 aliphatic rings. The third kappa shape index (κ3) is 4.03. The van der Waals surface area contributed by atoms with E-state index in [4.69, 9.17) is 0 Å². The van der Waals surface area contributed by atoms with E-state index >= 15 is 0 Å². The molecule has 1 saturated carbocycles. The molecule has 2 aromatic rings. The maximum Gasteiger partial charge on any atom is 0.251 e. The quantitative estimate of drug-likeness (QED) is 0.860. The predicted molar refractivity (Wildman–Crippen MR) is 109 cm³/mol. The summed E-state index contributed by atoms with van der Waals surface area (Å²) in [6, 6.07) is 14.2. The number of aryl methyl sites for hydroxylation is 1. The monoisotopic (exact) mass is 380 g/mol. The van der Waals surface area contributed by atoms with Crippen LogP contribution in [-0.4, -0.2) is 23.6 Å². The molecule has 4 rings (SSSR count). The van der Waals surface area contributed by atoms with Gasteiger partial charge in [0.1, 0.15) is 0 Å². The number of rotatable bonds is 4. The van der Waals surface area contributed by atoms with Crippen molar-refractivity contribution in [2.45, 2.75) is 50.1 Å². The third-order valence-electron chi connectivity index (χ3n) is 5.28. The molecule has 27 heavy (non-hydrogen) atoms. The zero-order chi connectivity index (χ0) is 18.8. The van der Waals surface area contributed by atoms with Gasteiger partial charge in [-0.2, -0.15) is 0 Å². The summed E-state index contributed by atoms with van der Waals surface area (Å²) in [7, 11) is 0. The van der Waals surface area contributed by atoms with Gasteiger partial charge in [-0.25, -0.2) is 0 Å². The van der Waals surface area contributed by atoms with Crippen molar-refractivity contribution in [2.24, 2.45) is 0 Å². The minimum Gasteiger partial charge on any atom is -0.349 e. The number of benzene rings is 2. The third-order valence-corrected chi connectivity index (χ3v) is 6.33. The highest BCUT2D eigenvalue weighted by molar-refractivity contribution is 8.00. The molecular formula is C22H24N2O2S. The molecule has 0 radical (unpaired) electrons. The molecule has 5 heteroatoms. The van der Waals surface area contributed by atoms with Gasteiger partial charge in [-0.05, 0) is 43.5 Å². The fraction of sp³-hybridized carbons (Fsp3) is 0.364. The van der Waals surface area contributed by atoms with Gasteiger partial charge in [0.05, 0.1) is 18.0 Å². The fourth-order valence-corrected chi connectivity index (χ4v) is 4.76. The average molecular weight is 381 g/mol. The zero-order valence-electron chi connectivity index (χ0n) is 15.5. The molecule has 2 amide bonds. The summed E-state index contributed by atoms with van der Waals surface area (Å²) < 4.78 is 0. The van der Waals surface area contributed by atoms with Crippen LogP contribution in [0.2, 0.25) is 0 Å². The van der Waals surface area contributed by atoms with Crippen LogP contribution in [0.1, 0.15) is 47.2 Å². The molecule has 0 bridgehead atoms. The summed E-state index contributed by atoms with van der Waals surface area (Å²) in [5.74, 6) is 0.484. The molecule has 0 saturated heterocycles. The smallest absolute Gasteiger partial charge is 0.251 e. The summed E-state index contributed by atoms with van der Waals surface area (Å²) in [5, 5.41) is 3.14. The molecule has 1 fully saturated rings.